The third-order valence-corrected chi connectivity index (χ3v) is 1.36. The van der Waals surface area contributed by atoms with E-state index < -0.39 is 0 Å². The van der Waals surface area contributed by atoms with Crippen molar-refractivity contribution >= 4 is 11.6 Å². The number of aliphatic hydroxyl groups is 1. The fraction of sp³-hybridized carbons (Fsp3) is 0.429. The zero-order valence-electron chi connectivity index (χ0n) is 6.40. The van der Waals surface area contributed by atoms with Gasteiger partial charge in [0, 0.05) is 19.1 Å². The Hall–Kier alpha value is -0.870. The maximum absolute atomic E-state index is 8.45. The Morgan fingerprint density at radius 2 is 2.25 bits per heavy atom. The molecule has 0 radical (unpaired) electrons. The summed E-state index contributed by atoms with van der Waals surface area (Å²) in [6, 6.07) is 3.23. The van der Waals surface area contributed by atoms with Gasteiger partial charge in [-0.15, -0.1) is 10.2 Å². The molecule has 0 atom stereocenters. The van der Waals surface area contributed by atoms with Gasteiger partial charge in [-0.1, -0.05) is 11.6 Å². The topological polar surface area (TPSA) is 55.2 Å². The second kappa shape index (κ2) is 4.90. The van der Waals surface area contributed by atoms with Crippen molar-refractivity contribution in [1.82, 2.24) is 10.2 Å². The van der Waals surface area contributed by atoms with Crippen molar-refractivity contribution in [1.29, 1.82) is 0 Å². The fourth-order valence-corrected chi connectivity index (χ4v) is 0.723. The van der Waals surface area contributed by atoms with E-state index in [4.69, 9.17) is 21.4 Å². The first-order chi connectivity index (χ1) is 5.83. The van der Waals surface area contributed by atoms with Crippen molar-refractivity contribution in [3.8, 4) is 5.88 Å². The molecule has 0 aliphatic carbocycles. The van der Waals surface area contributed by atoms with Gasteiger partial charge in [-0.05, 0) is 6.07 Å². The SMILES string of the molecule is OCCCOc1ccc(Cl)nn1. The Kier molecular flexibility index (Phi) is 3.76. The average molecular weight is 189 g/mol. The summed E-state index contributed by atoms with van der Waals surface area (Å²) in [6.45, 7) is 0.549. The van der Waals surface area contributed by atoms with Crippen molar-refractivity contribution in [2.45, 2.75) is 6.42 Å². The minimum absolute atomic E-state index is 0.112. The van der Waals surface area contributed by atoms with E-state index in [0.717, 1.165) is 0 Å². The highest BCUT2D eigenvalue weighted by Crippen LogP contribution is 2.07. The Morgan fingerprint density at radius 3 is 2.83 bits per heavy atom. The highest BCUT2D eigenvalue weighted by Gasteiger charge is 1.95. The molecule has 0 unspecified atom stereocenters. The second-order valence-corrected chi connectivity index (χ2v) is 2.51. The van der Waals surface area contributed by atoms with Crippen LogP contribution in [0.15, 0.2) is 12.1 Å². The molecule has 1 aromatic rings. The lowest BCUT2D eigenvalue weighted by Gasteiger charge is -2.01. The molecule has 0 aliphatic heterocycles. The van der Waals surface area contributed by atoms with Gasteiger partial charge in [0.1, 0.15) is 0 Å². The molecule has 0 bridgehead atoms. The van der Waals surface area contributed by atoms with Gasteiger partial charge in [-0.25, -0.2) is 0 Å². The molecule has 0 saturated heterocycles. The molecular formula is C7H9ClN2O2. The van der Waals surface area contributed by atoms with Crippen LogP contribution in [0.4, 0.5) is 0 Å². The number of ether oxygens (including phenoxy) is 1. The predicted octanol–water partition coefficient (Wildman–Crippen LogP) is 0.891. The normalized spacial score (nSPS) is 9.83. The lowest BCUT2D eigenvalue weighted by Crippen LogP contribution is -2.01. The number of nitrogens with zero attached hydrogens (tertiary/aromatic N) is 2. The lowest BCUT2D eigenvalue weighted by atomic mass is 10.5. The van der Waals surface area contributed by atoms with Crippen LogP contribution in [0.1, 0.15) is 6.42 Å². The third-order valence-electron chi connectivity index (χ3n) is 1.16. The molecule has 66 valence electrons. The standard InChI is InChI=1S/C7H9ClN2O2/c8-6-2-3-7(10-9-6)12-5-1-4-11/h2-3,11H,1,4-5H2. The summed E-state index contributed by atoms with van der Waals surface area (Å²) >= 11 is 5.50. The predicted molar refractivity (Wildman–Crippen MR) is 44.2 cm³/mol. The monoisotopic (exact) mass is 188 g/mol. The van der Waals surface area contributed by atoms with Gasteiger partial charge < -0.3 is 9.84 Å². The molecule has 0 amide bonds. The van der Waals surface area contributed by atoms with Crippen molar-refractivity contribution in [2.24, 2.45) is 0 Å². The molecule has 1 heterocycles. The van der Waals surface area contributed by atoms with Crippen LogP contribution in [0.3, 0.4) is 0 Å². The molecule has 1 rings (SSSR count). The van der Waals surface area contributed by atoms with Crippen LogP contribution in [0.2, 0.25) is 5.15 Å². The maximum atomic E-state index is 8.45. The summed E-state index contributed by atoms with van der Waals surface area (Å²) in [5.74, 6) is 0.424. The summed E-state index contributed by atoms with van der Waals surface area (Å²) in [5, 5.41) is 16.0. The summed E-state index contributed by atoms with van der Waals surface area (Å²) in [7, 11) is 0. The van der Waals surface area contributed by atoms with Gasteiger partial charge in [0.05, 0.1) is 6.61 Å². The molecule has 0 spiro atoms. The zero-order valence-corrected chi connectivity index (χ0v) is 7.16. The van der Waals surface area contributed by atoms with Crippen LogP contribution >= 0.6 is 11.6 Å². The Balaban J connectivity index is 2.37. The summed E-state index contributed by atoms with van der Waals surface area (Å²) in [4.78, 5) is 0. The first-order valence-electron chi connectivity index (χ1n) is 3.56. The molecular weight excluding hydrogens is 180 g/mol. The van der Waals surface area contributed by atoms with Crippen LogP contribution in [0.5, 0.6) is 5.88 Å². The second-order valence-electron chi connectivity index (χ2n) is 2.12. The molecule has 5 heteroatoms. The molecule has 0 aliphatic rings. The molecule has 0 aromatic carbocycles. The van der Waals surface area contributed by atoms with E-state index in [9.17, 15) is 0 Å². The van der Waals surface area contributed by atoms with Crippen molar-refractivity contribution in [3.05, 3.63) is 17.3 Å². The van der Waals surface area contributed by atoms with Crippen LogP contribution in [0, 0.1) is 0 Å². The number of aromatic nitrogens is 2. The smallest absolute Gasteiger partial charge is 0.233 e. The third kappa shape index (κ3) is 3.02. The van der Waals surface area contributed by atoms with Crippen molar-refractivity contribution in [2.75, 3.05) is 13.2 Å². The molecule has 4 nitrogen and oxygen atoms in total. The summed E-state index contributed by atoms with van der Waals surface area (Å²) in [6.07, 6.45) is 0.588. The average Bonchev–Trinajstić information content (AvgIpc) is 2.09. The van der Waals surface area contributed by atoms with E-state index in [1.54, 1.807) is 12.1 Å². The number of halogens is 1. The van der Waals surface area contributed by atoms with Gasteiger partial charge in [0.25, 0.3) is 0 Å². The largest absolute Gasteiger partial charge is 0.477 e. The molecule has 0 fully saturated rings. The van der Waals surface area contributed by atoms with Gasteiger partial charge in [0.2, 0.25) is 5.88 Å². The van der Waals surface area contributed by atoms with Crippen LogP contribution in [0.25, 0.3) is 0 Å². The van der Waals surface area contributed by atoms with E-state index in [0.29, 0.717) is 24.1 Å². The van der Waals surface area contributed by atoms with E-state index in [1.807, 2.05) is 0 Å². The van der Waals surface area contributed by atoms with Gasteiger partial charge in [-0.2, -0.15) is 0 Å². The minimum atomic E-state index is 0.112. The quantitative estimate of drug-likeness (QED) is 0.714. The Labute approximate surface area is 75.1 Å². The van der Waals surface area contributed by atoms with Crippen LogP contribution < -0.4 is 4.74 Å². The highest BCUT2D eigenvalue weighted by atomic mass is 35.5. The Morgan fingerprint density at radius 1 is 1.42 bits per heavy atom. The van der Waals surface area contributed by atoms with Gasteiger partial charge in [0.15, 0.2) is 5.15 Å². The zero-order chi connectivity index (χ0) is 8.81. The van der Waals surface area contributed by atoms with E-state index in [-0.39, 0.29) is 6.61 Å². The number of hydrogen-bond acceptors (Lipinski definition) is 4. The van der Waals surface area contributed by atoms with Crippen molar-refractivity contribution in [3.63, 3.8) is 0 Å². The summed E-state index contributed by atoms with van der Waals surface area (Å²) < 4.78 is 5.11. The molecule has 1 N–H and O–H groups in total. The van der Waals surface area contributed by atoms with Crippen LogP contribution in [-0.4, -0.2) is 28.5 Å². The minimum Gasteiger partial charge on any atom is -0.477 e. The lowest BCUT2D eigenvalue weighted by molar-refractivity contribution is 0.228. The summed E-state index contributed by atoms with van der Waals surface area (Å²) in [5.41, 5.74) is 0. The maximum Gasteiger partial charge on any atom is 0.233 e. The van der Waals surface area contributed by atoms with Crippen molar-refractivity contribution < 1.29 is 9.84 Å². The van der Waals surface area contributed by atoms with Gasteiger partial charge in [-0.3, -0.25) is 0 Å². The number of rotatable bonds is 4. The van der Waals surface area contributed by atoms with E-state index in [1.165, 1.54) is 0 Å². The van der Waals surface area contributed by atoms with Gasteiger partial charge >= 0.3 is 0 Å². The molecule has 1 aromatic heterocycles. The first kappa shape index (κ1) is 9.22. The number of aliphatic hydroxyl groups excluding tert-OH is 1. The fourth-order valence-electron chi connectivity index (χ4n) is 0.622. The Bertz CT molecular complexity index is 227. The van der Waals surface area contributed by atoms with E-state index in [2.05, 4.69) is 10.2 Å². The highest BCUT2D eigenvalue weighted by molar-refractivity contribution is 6.29. The van der Waals surface area contributed by atoms with Crippen LogP contribution in [-0.2, 0) is 0 Å². The van der Waals surface area contributed by atoms with E-state index >= 15 is 0 Å². The molecule has 0 saturated carbocycles. The number of hydrogen-bond donors (Lipinski definition) is 1. The first-order valence-corrected chi connectivity index (χ1v) is 3.93. The molecule has 12 heavy (non-hydrogen) atoms.